The second-order valence-corrected chi connectivity index (χ2v) is 6.64. The minimum Gasteiger partial charge on any atom is -0.383 e. The summed E-state index contributed by atoms with van der Waals surface area (Å²) >= 11 is 0. The smallest absolute Gasteiger partial charge is 0.241 e. The summed E-state index contributed by atoms with van der Waals surface area (Å²) in [5.41, 5.74) is 1.44. The van der Waals surface area contributed by atoms with E-state index in [-0.39, 0.29) is 12.5 Å². The number of methoxy groups -OCH3 is 1. The molecule has 1 aliphatic carbocycles. The van der Waals surface area contributed by atoms with Gasteiger partial charge < -0.3 is 20.7 Å². The molecule has 0 unspecified atom stereocenters. The van der Waals surface area contributed by atoms with Crippen LogP contribution in [0.1, 0.15) is 44.1 Å². The van der Waals surface area contributed by atoms with Crippen molar-refractivity contribution >= 4 is 11.9 Å². The first-order valence-corrected chi connectivity index (χ1v) is 9.58. The number of carbonyl (C=O) groups is 1. The average molecular weight is 361 g/mol. The summed E-state index contributed by atoms with van der Waals surface area (Å²) in [6, 6.07) is 11.2. The first-order valence-electron chi connectivity index (χ1n) is 9.58. The molecule has 2 rings (SSSR count). The van der Waals surface area contributed by atoms with Crippen molar-refractivity contribution in [3.8, 4) is 0 Å². The summed E-state index contributed by atoms with van der Waals surface area (Å²) in [4.78, 5) is 16.2. The predicted molar refractivity (Wildman–Crippen MR) is 105 cm³/mol. The number of guanidine groups is 1. The largest absolute Gasteiger partial charge is 0.383 e. The number of aliphatic imine (C=N–C) groups is 1. The molecule has 0 spiro atoms. The zero-order chi connectivity index (χ0) is 18.6. The van der Waals surface area contributed by atoms with E-state index in [0.717, 1.165) is 25.3 Å². The highest BCUT2D eigenvalue weighted by Gasteiger charge is 2.22. The van der Waals surface area contributed by atoms with E-state index in [1.807, 2.05) is 6.92 Å². The van der Waals surface area contributed by atoms with E-state index < -0.39 is 0 Å². The fourth-order valence-corrected chi connectivity index (χ4v) is 3.31. The van der Waals surface area contributed by atoms with Gasteiger partial charge in [-0.05, 0) is 44.1 Å². The number of nitrogens with one attached hydrogen (secondary N) is 3. The molecule has 6 heteroatoms. The normalized spacial score (nSPS) is 20.5. The van der Waals surface area contributed by atoms with Gasteiger partial charge >= 0.3 is 0 Å². The Morgan fingerprint density at radius 2 is 1.88 bits per heavy atom. The van der Waals surface area contributed by atoms with Gasteiger partial charge in [-0.1, -0.05) is 30.3 Å². The van der Waals surface area contributed by atoms with Crippen LogP contribution in [0.4, 0.5) is 0 Å². The minimum atomic E-state index is -0.0907. The van der Waals surface area contributed by atoms with Crippen LogP contribution in [-0.2, 0) is 9.53 Å². The molecular formula is C20H32N4O2. The third kappa shape index (κ3) is 7.04. The van der Waals surface area contributed by atoms with Crippen LogP contribution in [0, 0.1) is 0 Å². The van der Waals surface area contributed by atoms with Crippen LogP contribution in [0.3, 0.4) is 0 Å². The maximum absolute atomic E-state index is 11.8. The monoisotopic (exact) mass is 360 g/mol. The molecule has 3 N–H and O–H groups in total. The highest BCUT2D eigenvalue weighted by molar-refractivity contribution is 5.85. The minimum absolute atomic E-state index is 0.0907. The summed E-state index contributed by atoms with van der Waals surface area (Å²) in [5, 5.41) is 9.50. The lowest BCUT2D eigenvalue weighted by atomic mass is 9.82. The number of ether oxygens (including phenoxy) is 1. The van der Waals surface area contributed by atoms with E-state index >= 15 is 0 Å². The van der Waals surface area contributed by atoms with Crippen LogP contribution in [0.25, 0.3) is 0 Å². The van der Waals surface area contributed by atoms with Gasteiger partial charge in [-0.25, -0.2) is 4.99 Å². The molecule has 0 atom stereocenters. The van der Waals surface area contributed by atoms with Crippen molar-refractivity contribution < 1.29 is 9.53 Å². The van der Waals surface area contributed by atoms with Gasteiger partial charge in [0.2, 0.25) is 5.91 Å². The van der Waals surface area contributed by atoms with Crippen molar-refractivity contribution in [2.24, 2.45) is 4.99 Å². The summed E-state index contributed by atoms with van der Waals surface area (Å²) in [6.45, 7) is 3.95. The zero-order valence-corrected chi connectivity index (χ0v) is 16.0. The van der Waals surface area contributed by atoms with E-state index in [1.165, 1.54) is 18.4 Å². The lowest BCUT2D eigenvalue weighted by molar-refractivity contribution is -0.119. The van der Waals surface area contributed by atoms with Crippen LogP contribution in [0.2, 0.25) is 0 Å². The summed E-state index contributed by atoms with van der Waals surface area (Å²) in [5.74, 6) is 1.28. The Labute approximate surface area is 156 Å². The third-order valence-corrected chi connectivity index (χ3v) is 4.69. The molecule has 1 saturated carbocycles. The Kier molecular flexibility index (Phi) is 8.96. The van der Waals surface area contributed by atoms with Crippen molar-refractivity contribution in [3.05, 3.63) is 35.9 Å². The van der Waals surface area contributed by atoms with Gasteiger partial charge in [-0.15, -0.1) is 0 Å². The second kappa shape index (κ2) is 11.5. The molecule has 1 fully saturated rings. The maximum Gasteiger partial charge on any atom is 0.241 e. The number of hydrogen-bond donors (Lipinski definition) is 3. The van der Waals surface area contributed by atoms with Crippen molar-refractivity contribution in [1.82, 2.24) is 16.0 Å². The lowest BCUT2D eigenvalue weighted by Gasteiger charge is -2.30. The molecule has 0 radical (unpaired) electrons. The summed E-state index contributed by atoms with van der Waals surface area (Å²) < 4.78 is 4.92. The van der Waals surface area contributed by atoms with Crippen LogP contribution >= 0.6 is 0 Å². The summed E-state index contributed by atoms with van der Waals surface area (Å²) in [7, 11) is 1.62. The second-order valence-electron chi connectivity index (χ2n) is 6.64. The van der Waals surface area contributed by atoms with E-state index in [1.54, 1.807) is 7.11 Å². The number of rotatable bonds is 8. The molecule has 1 aromatic carbocycles. The molecule has 1 aromatic rings. The van der Waals surface area contributed by atoms with Gasteiger partial charge in [-0.3, -0.25) is 4.79 Å². The van der Waals surface area contributed by atoms with E-state index in [9.17, 15) is 4.79 Å². The van der Waals surface area contributed by atoms with Gasteiger partial charge in [-0.2, -0.15) is 0 Å². The SMILES string of the molecule is CCNC(=NCC(=O)NCCOC)NC1CCC(c2ccccc2)CC1. The van der Waals surface area contributed by atoms with Gasteiger partial charge in [0, 0.05) is 26.2 Å². The van der Waals surface area contributed by atoms with Crippen LogP contribution < -0.4 is 16.0 Å². The third-order valence-electron chi connectivity index (χ3n) is 4.69. The highest BCUT2D eigenvalue weighted by Crippen LogP contribution is 2.32. The number of benzene rings is 1. The first-order chi connectivity index (χ1) is 12.7. The fourth-order valence-electron chi connectivity index (χ4n) is 3.31. The Bertz CT molecular complexity index is 554. The Morgan fingerprint density at radius 3 is 2.54 bits per heavy atom. The zero-order valence-electron chi connectivity index (χ0n) is 16.0. The van der Waals surface area contributed by atoms with Crippen molar-refractivity contribution in [3.63, 3.8) is 0 Å². The Balaban J connectivity index is 1.78. The van der Waals surface area contributed by atoms with Crippen LogP contribution in [-0.4, -0.2) is 51.3 Å². The maximum atomic E-state index is 11.8. The first kappa shape index (κ1) is 20.2. The molecule has 1 aliphatic rings. The summed E-state index contributed by atoms with van der Waals surface area (Å²) in [6.07, 6.45) is 4.59. The molecule has 144 valence electrons. The Hall–Kier alpha value is -2.08. The lowest BCUT2D eigenvalue weighted by Crippen LogP contribution is -2.45. The van der Waals surface area contributed by atoms with Crippen molar-refractivity contribution in [2.45, 2.75) is 44.6 Å². The quantitative estimate of drug-likeness (QED) is 0.377. The van der Waals surface area contributed by atoms with Crippen LogP contribution in [0.5, 0.6) is 0 Å². The predicted octanol–water partition coefficient (Wildman–Crippen LogP) is 2.03. The molecule has 6 nitrogen and oxygen atoms in total. The molecule has 1 amide bonds. The fraction of sp³-hybridized carbons (Fsp3) is 0.600. The molecule has 0 heterocycles. The van der Waals surface area contributed by atoms with Gasteiger partial charge in [0.25, 0.3) is 0 Å². The van der Waals surface area contributed by atoms with Gasteiger partial charge in [0.1, 0.15) is 6.54 Å². The molecule has 0 aromatic heterocycles. The molecular weight excluding hydrogens is 328 g/mol. The molecule has 0 bridgehead atoms. The van der Waals surface area contributed by atoms with E-state index in [4.69, 9.17) is 4.74 Å². The van der Waals surface area contributed by atoms with Crippen LogP contribution in [0.15, 0.2) is 35.3 Å². The highest BCUT2D eigenvalue weighted by atomic mass is 16.5. The van der Waals surface area contributed by atoms with Crippen molar-refractivity contribution in [1.29, 1.82) is 0 Å². The van der Waals surface area contributed by atoms with E-state index in [2.05, 4.69) is 51.3 Å². The average Bonchev–Trinajstić information content (AvgIpc) is 2.68. The number of amides is 1. The van der Waals surface area contributed by atoms with Gasteiger partial charge in [0.05, 0.1) is 6.61 Å². The number of nitrogens with zero attached hydrogens (tertiary/aromatic N) is 1. The van der Waals surface area contributed by atoms with Crippen molar-refractivity contribution in [2.75, 3.05) is 33.4 Å². The standard InChI is InChI=1S/C20H32N4O2/c1-3-21-20(23-15-19(25)22-13-14-26-2)24-18-11-9-17(10-12-18)16-7-5-4-6-8-16/h4-8,17-18H,3,9-15H2,1-2H3,(H,22,25)(H2,21,23,24). The molecule has 0 aliphatic heterocycles. The Morgan fingerprint density at radius 1 is 1.15 bits per heavy atom. The number of hydrogen-bond acceptors (Lipinski definition) is 3. The van der Waals surface area contributed by atoms with Gasteiger partial charge in [0.15, 0.2) is 5.96 Å². The topological polar surface area (TPSA) is 74.8 Å². The molecule has 0 saturated heterocycles. The molecule has 26 heavy (non-hydrogen) atoms. The van der Waals surface area contributed by atoms with E-state index in [0.29, 0.717) is 25.1 Å². The number of carbonyl (C=O) groups excluding carboxylic acids is 1.